The third-order valence-corrected chi connectivity index (χ3v) is 8.52. The summed E-state index contributed by atoms with van der Waals surface area (Å²) in [5.41, 5.74) is 4.18. The Hall–Kier alpha value is -3.99. The van der Waals surface area contributed by atoms with E-state index >= 15 is 4.39 Å². The van der Waals surface area contributed by atoms with E-state index in [2.05, 4.69) is 10.4 Å². The molecule has 11 heteroatoms. The molecule has 1 saturated heterocycles. The van der Waals surface area contributed by atoms with Gasteiger partial charge < -0.3 is 10.4 Å². The van der Waals surface area contributed by atoms with Crippen molar-refractivity contribution >= 4 is 11.9 Å². The van der Waals surface area contributed by atoms with Crippen molar-refractivity contribution < 1.29 is 27.9 Å². The lowest BCUT2D eigenvalue weighted by molar-refractivity contribution is -0.138. The van der Waals surface area contributed by atoms with Crippen molar-refractivity contribution in [2.75, 3.05) is 19.6 Å². The Balaban J connectivity index is 1.70. The summed E-state index contributed by atoms with van der Waals surface area (Å²) in [7, 11) is 0. The maximum atomic E-state index is 15.8. The number of aryl methyl sites for hydroxylation is 4. The zero-order valence-electron chi connectivity index (χ0n) is 27.2. The van der Waals surface area contributed by atoms with Crippen molar-refractivity contribution in [3.05, 3.63) is 86.1 Å². The van der Waals surface area contributed by atoms with Gasteiger partial charge in [-0.2, -0.15) is 5.10 Å². The number of carboxylic acid groups (broad SMARTS) is 1. The van der Waals surface area contributed by atoms with E-state index in [1.165, 1.54) is 0 Å². The summed E-state index contributed by atoms with van der Waals surface area (Å²) in [5, 5.41) is 17.0. The van der Waals surface area contributed by atoms with Crippen molar-refractivity contribution in [1.82, 2.24) is 20.0 Å². The van der Waals surface area contributed by atoms with E-state index in [9.17, 15) is 28.3 Å². The number of carbonyl (C=O) groups is 2. The molecular weight excluding hydrogens is 597 g/mol. The number of aromatic nitrogens is 2. The van der Waals surface area contributed by atoms with E-state index in [0.717, 1.165) is 21.4 Å². The van der Waals surface area contributed by atoms with E-state index in [4.69, 9.17) is 0 Å². The molecule has 1 amide bonds. The molecule has 1 aromatic heterocycles. The maximum Gasteiger partial charge on any atom is 0.305 e. The molecule has 3 aromatic rings. The van der Waals surface area contributed by atoms with Gasteiger partial charge in [-0.25, -0.2) is 17.9 Å². The van der Waals surface area contributed by atoms with Crippen LogP contribution in [0.2, 0.25) is 0 Å². The number of rotatable bonds is 12. The maximum absolute atomic E-state index is 15.8. The van der Waals surface area contributed by atoms with Crippen LogP contribution in [0.25, 0.3) is 11.1 Å². The Labute approximate surface area is 267 Å². The SMILES string of the molecule is Cc1cc(-c2c(C)cccc2C)cc([C@H](CC(=O)O)NC(=O)[C@H](CC(C)C)n2nc(CCN3C[C@@H](F)[C@@H](F)C3)cc(C)c2=O)c1F. The van der Waals surface area contributed by atoms with Crippen LogP contribution in [0.15, 0.2) is 41.2 Å². The largest absolute Gasteiger partial charge is 0.481 e. The molecule has 1 aliphatic rings. The summed E-state index contributed by atoms with van der Waals surface area (Å²) in [6.45, 7) is 11.1. The number of carbonyl (C=O) groups excluding carboxylic acids is 1. The van der Waals surface area contributed by atoms with E-state index in [0.29, 0.717) is 35.3 Å². The van der Waals surface area contributed by atoms with Gasteiger partial charge in [-0.15, -0.1) is 0 Å². The van der Waals surface area contributed by atoms with E-state index < -0.39 is 54.1 Å². The zero-order valence-corrected chi connectivity index (χ0v) is 27.2. The van der Waals surface area contributed by atoms with Crippen LogP contribution in [0.4, 0.5) is 13.2 Å². The minimum atomic E-state index is -1.54. The van der Waals surface area contributed by atoms with Gasteiger partial charge in [-0.1, -0.05) is 32.0 Å². The molecule has 4 atom stereocenters. The fourth-order valence-electron chi connectivity index (χ4n) is 6.20. The highest BCUT2D eigenvalue weighted by molar-refractivity contribution is 5.82. The number of carboxylic acids is 1. The van der Waals surface area contributed by atoms with Crippen molar-refractivity contribution in [3.8, 4) is 11.1 Å². The first-order valence-corrected chi connectivity index (χ1v) is 15.6. The minimum absolute atomic E-state index is 0.0240. The summed E-state index contributed by atoms with van der Waals surface area (Å²) < 4.78 is 44.3. The summed E-state index contributed by atoms with van der Waals surface area (Å²) >= 11 is 0. The van der Waals surface area contributed by atoms with Crippen LogP contribution in [-0.2, 0) is 16.0 Å². The number of likely N-dealkylation sites (tertiary alicyclic amines) is 1. The lowest BCUT2D eigenvalue weighted by Crippen LogP contribution is -2.42. The Morgan fingerprint density at radius 3 is 2.22 bits per heavy atom. The first-order valence-electron chi connectivity index (χ1n) is 15.6. The molecule has 8 nitrogen and oxygen atoms in total. The van der Waals surface area contributed by atoms with Gasteiger partial charge in [0.25, 0.3) is 5.56 Å². The van der Waals surface area contributed by atoms with E-state index in [1.54, 1.807) is 36.9 Å². The lowest BCUT2D eigenvalue weighted by atomic mass is 9.90. The molecule has 2 aromatic carbocycles. The topological polar surface area (TPSA) is 105 Å². The number of alkyl halides is 2. The zero-order chi connectivity index (χ0) is 33.9. The number of hydrogen-bond donors (Lipinski definition) is 2. The molecule has 2 heterocycles. The van der Waals surface area contributed by atoms with Crippen LogP contribution in [0.5, 0.6) is 0 Å². The standard InChI is InChI=1S/C35H43F3N4O4/c1-19(2)12-30(42-35(46)23(6)14-25(40-42)10-11-41-17-27(36)28(37)18-41)34(45)39-29(16-31(43)44)26-15-24(13-22(5)33(26)38)32-20(3)8-7-9-21(32)4/h7-9,13-15,19,27-30H,10-12,16-18H2,1-6H3,(H,39,45)(H,43,44)/t27-,28+,29-,30-/m0/s1. The van der Waals surface area contributed by atoms with Gasteiger partial charge >= 0.3 is 5.97 Å². The van der Waals surface area contributed by atoms with Crippen LogP contribution in [-0.4, -0.2) is 63.6 Å². The van der Waals surface area contributed by atoms with Crippen molar-refractivity contribution in [3.63, 3.8) is 0 Å². The second-order valence-corrected chi connectivity index (χ2v) is 12.9. The van der Waals surface area contributed by atoms with Gasteiger partial charge in [0.2, 0.25) is 5.91 Å². The number of amides is 1. The number of hydrogen-bond acceptors (Lipinski definition) is 5. The highest BCUT2D eigenvalue weighted by Gasteiger charge is 2.33. The summed E-state index contributed by atoms with van der Waals surface area (Å²) in [6, 6.07) is 8.34. The molecule has 4 rings (SSSR count). The van der Waals surface area contributed by atoms with Gasteiger partial charge in [0.1, 0.15) is 24.2 Å². The highest BCUT2D eigenvalue weighted by Crippen LogP contribution is 2.33. The molecule has 0 spiro atoms. The second-order valence-electron chi connectivity index (χ2n) is 12.9. The van der Waals surface area contributed by atoms with Crippen LogP contribution in [0, 0.1) is 39.4 Å². The third kappa shape index (κ3) is 8.04. The quantitative estimate of drug-likeness (QED) is 0.262. The molecule has 1 aliphatic heterocycles. The predicted octanol–water partition coefficient (Wildman–Crippen LogP) is 5.74. The number of aliphatic carboxylic acids is 1. The Kier molecular flexibility index (Phi) is 11.1. The molecule has 0 unspecified atom stereocenters. The smallest absolute Gasteiger partial charge is 0.305 e. The molecule has 0 radical (unpaired) electrons. The Morgan fingerprint density at radius 1 is 1.00 bits per heavy atom. The van der Waals surface area contributed by atoms with Crippen LogP contribution in [0.1, 0.15) is 72.3 Å². The fraction of sp³-hybridized carbons (Fsp3) is 0.486. The second kappa shape index (κ2) is 14.6. The first-order chi connectivity index (χ1) is 21.7. The van der Waals surface area contributed by atoms with Crippen molar-refractivity contribution in [2.45, 2.75) is 85.2 Å². The average Bonchev–Trinajstić information content (AvgIpc) is 3.29. The summed E-state index contributed by atoms with van der Waals surface area (Å²) in [6.07, 6.45) is -3.18. The van der Waals surface area contributed by atoms with Crippen LogP contribution in [0.3, 0.4) is 0 Å². The van der Waals surface area contributed by atoms with Crippen molar-refractivity contribution in [1.29, 1.82) is 0 Å². The number of nitrogens with one attached hydrogen (secondary N) is 1. The molecule has 0 saturated carbocycles. The average molecular weight is 641 g/mol. The number of halogens is 3. The molecule has 2 N–H and O–H groups in total. The lowest BCUT2D eigenvalue weighted by Gasteiger charge is -2.26. The van der Waals surface area contributed by atoms with Gasteiger partial charge in [0.15, 0.2) is 0 Å². The van der Waals surface area contributed by atoms with Gasteiger partial charge in [0.05, 0.1) is 18.2 Å². The Bertz CT molecular complexity index is 1630. The third-order valence-electron chi connectivity index (χ3n) is 8.52. The monoisotopic (exact) mass is 640 g/mol. The van der Waals surface area contributed by atoms with E-state index in [-0.39, 0.29) is 31.0 Å². The summed E-state index contributed by atoms with van der Waals surface area (Å²) in [5.74, 6) is -2.59. The van der Waals surface area contributed by atoms with Gasteiger partial charge in [-0.3, -0.25) is 19.3 Å². The predicted molar refractivity (Wildman–Crippen MR) is 171 cm³/mol. The van der Waals surface area contributed by atoms with Gasteiger partial charge in [-0.05, 0) is 86.1 Å². The molecule has 1 fully saturated rings. The first kappa shape index (κ1) is 34.9. The van der Waals surface area contributed by atoms with Crippen molar-refractivity contribution in [2.24, 2.45) is 5.92 Å². The fourth-order valence-corrected chi connectivity index (χ4v) is 6.20. The number of benzene rings is 2. The molecule has 46 heavy (non-hydrogen) atoms. The Morgan fingerprint density at radius 2 is 1.63 bits per heavy atom. The van der Waals surface area contributed by atoms with Crippen LogP contribution >= 0.6 is 0 Å². The van der Waals surface area contributed by atoms with Crippen LogP contribution < -0.4 is 10.9 Å². The normalized spacial score (nSPS) is 18.1. The highest BCUT2D eigenvalue weighted by atomic mass is 19.2. The number of nitrogens with zero attached hydrogens (tertiary/aromatic N) is 3. The van der Waals surface area contributed by atoms with Gasteiger partial charge in [0, 0.05) is 37.2 Å². The molecular formula is C35H43F3N4O4. The molecule has 0 aliphatic carbocycles. The van der Waals surface area contributed by atoms with E-state index in [1.807, 2.05) is 45.9 Å². The molecule has 0 bridgehead atoms. The summed E-state index contributed by atoms with van der Waals surface area (Å²) in [4.78, 5) is 41.0. The minimum Gasteiger partial charge on any atom is -0.481 e. The molecule has 248 valence electrons.